The van der Waals surface area contributed by atoms with E-state index < -0.39 is 0 Å². The van der Waals surface area contributed by atoms with Crippen molar-refractivity contribution in [3.63, 3.8) is 0 Å². The summed E-state index contributed by atoms with van der Waals surface area (Å²) in [4.78, 5) is 24.8. The Morgan fingerprint density at radius 3 is 2.68 bits per heavy atom. The van der Waals surface area contributed by atoms with Gasteiger partial charge >= 0.3 is 0 Å². The van der Waals surface area contributed by atoms with Gasteiger partial charge in [0.05, 0.1) is 29.7 Å². The molecule has 1 aliphatic carbocycles. The van der Waals surface area contributed by atoms with Gasteiger partial charge in [-0.25, -0.2) is 4.98 Å². The van der Waals surface area contributed by atoms with Crippen LogP contribution in [0, 0.1) is 5.92 Å². The van der Waals surface area contributed by atoms with Gasteiger partial charge in [-0.15, -0.1) is 0 Å². The summed E-state index contributed by atoms with van der Waals surface area (Å²) in [5.41, 5.74) is 2.86. The lowest BCUT2D eigenvalue weighted by atomic mass is 10.0. The zero-order valence-electron chi connectivity index (χ0n) is 16.7. The van der Waals surface area contributed by atoms with Crippen LogP contribution in [-0.4, -0.2) is 49.9 Å². The Hall–Kier alpha value is -3.81. The van der Waals surface area contributed by atoms with E-state index in [0.717, 1.165) is 36.7 Å². The summed E-state index contributed by atoms with van der Waals surface area (Å²) in [6.45, 7) is 0.911. The molecule has 2 fully saturated rings. The number of carbonyl (C=O) groups is 1. The Labute approximate surface area is 178 Å². The number of hydrogen-bond donors (Lipinski definition) is 0. The van der Waals surface area contributed by atoms with Gasteiger partial charge in [0.1, 0.15) is 6.10 Å². The normalized spacial score (nSPS) is 22.2. The second-order valence-electron chi connectivity index (χ2n) is 8.06. The first-order chi connectivity index (χ1) is 15.3. The predicted octanol–water partition coefficient (Wildman–Crippen LogP) is 3.07. The molecule has 2 bridgehead atoms. The molecule has 1 saturated heterocycles. The molecule has 1 aromatic carbocycles. The van der Waals surface area contributed by atoms with Crippen LogP contribution in [0.4, 0.5) is 5.69 Å². The number of hydrogen-bond acceptors (Lipinski definition) is 7. The van der Waals surface area contributed by atoms with Gasteiger partial charge in [0.2, 0.25) is 5.88 Å². The van der Waals surface area contributed by atoms with Crippen molar-refractivity contribution in [2.45, 2.75) is 25.0 Å². The first kappa shape index (κ1) is 18.0. The lowest BCUT2D eigenvalue weighted by Crippen LogP contribution is -2.44. The number of benzene rings is 1. The zero-order valence-corrected chi connectivity index (χ0v) is 16.7. The molecule has 154 valence electrons. The second-order valence-corrected chi connectivity index (χ2v) is 8.06. The van der Waals surface area contributed by atoms with Crippen LogP contribution in [0.25, 0.3) is 16.7 Å². The fourth-order valence-electron chi connectivity index (χ4n) is 4.95. The topological polar surface area (TPSA) is 86.0 Å². The Morgan fingerprint density at radius 2 is 1.84 bits per heavy atom. The molecule has 31 heavy (non-hydrogen) atoms. The van der Waals surface area contributed by atoms with E-state index in [1.807, 2.05) is 42.5 Å². The van der Waals surface area contributed by atoms with Crippen LogP contribution in [-0.2, 0) is 0 Å². The van der Waals surface area contributed by atoms with Gasteiger partial charge in [-0.1, -0.05) is 6.07 Å². The van der Waals surface area contributed by atoms with E-state index >= 15 is 0 Å². The monoisotopic (exact) mass is 412 g/mol. The summed E-state index contributed by atoms with van der Waals surface area (Å²) in [7, 11) is 0. The Kier molecular flexibility index (Phi) is 4.15. The number of anilines is 1. The van der Waals surface area contributed by atoms with Crippen molar-refractivity contribution in [2.75, 3.05) is 11.4 Å². The van der Waals surface area contributed by atoms with Crippen LogP contribution >= 0.6 is 0 Å². The van der Waals surface area contributed by atoms with Gasteiger partial charge in [-0.3, -0.25) is 4.79 Å². The van der Waals surface area contributed by atoms with Crippen molar-refractivity contribution >= 4 is 23.0 Å². The fraction of sp³-hybridized carbons (Fsp3) is 0.261. The molecule has 4 aromatic rings. The molecule has 0 N–H and O–H groups in total. The van der Waals surface area contributed by atoms with Gasteiger partial charge in [0, 0.05) is 29.9 Å². The van der Waals surface area contributed by atoms with Crippen LogP contribution in [0.1, 0.15) is 23.2 Å². The van der Waals surface area contributed by atoms with Crippen molar-refractivity contribution in [1.29, 1.82) is 0 Å². The SMILES string of the molecule is O=Cc1c(N2C[C@H]3C[C@@H](Oc4ccc5cccnc5n4)[C@@H]2C3)cccc1-n1nccn1. The molecule has 2 aliphatic rings. The quantitative estimate of drug-likeness (QED) is 0.466. The van der Waals surface area contributed by atoms with E-state index in [2.05, 4.69) is 25.1 Å². The molecule has 8 heteroatoms. The van der Waals surface area contributed by atoms with E-state index in [9.17, 15) is 4.79 Å². The Bertz CT molecular complexity index is 1260. The summed E-state index contributed by atoms with van der Waals surface area (Å²) in [5, 5.41) is 9.38. The highest BCUT2D eigenvalue weighted by atomic mass is 16.5. The van der Waals surface area contributed by atoms with E-state index in [-0.39, 0.29) is 12.1 Å². The molecule has 4 heterocycles. The predicted molar refractivity (Wildman–Crippen MR) is 115 cm³/mol. The van der Waals surface area contributed by atoms with E-state index in [1.54, 1.807) is 18.6 Å². The van der Waals surface area contributed by atoms with E-state index in [4.69, 9.17) is 4.74 Å². The van der Waals surface area contributed by atoms with Crippen LogP contribution < -0.4 is 9.64 Å². The fourth-order valence-corrected chi connectivity index (χ4v) is 4.95. The Morgan fingerprint density at radius 1 is 0.968 bits per heavy atom. The van der Waals surface area contributed by atoms with Crippen LogP contribution in [0.5, 0.6) is 5.88 Å². The highest BCUT2D eigenvalue weighted by Crippen LogP contribution is 2.43. The molecule has 0 unspecified atom stereocenters. The minimum atomic E-state index is 0.0124. The standard InChI is InChI=1S/C23H20N6O2/c30-14-17-18(4-1-5-19(17)29-25-9-10-26-29)28-13-15-11-20(28)21(12-15)31-22-7-6-16-3-2-8-24-23(16)27-22/h1-10,14-15,20-21H,11-13H2/t15-,20+,21-/m1/s1. The number of piperidine rings is 1. The maximum Gasteiger partial charge on any atom is 0.215 e. The number of fused-ring (bicyclic) bond motifs is 3. The Balaban J connectivity index is 1.30. The number of nitrogens with zero attached hydrogens (tertiary/aromatic N) is 6. The molecule has 0 spiro atoms. The largest absolute Gasteiger partial charge is 0.472 e. The lowest BCUT2D eigenvalue weighted by molar-refractivity contribution is 0.112. The van der Waals surface area contributed by atoms with E-state index in [0.29, 0.717) is 28.7 Å². The molecule has 3 atom stereocenters. The van der Waals surface area contributed by atoms with Gasteiger partial charge in [0.15, 0.2) is 11.9 Å². The summed E-state index contributed by atoms with van der Waals surface area (Å²) >= 11 is 0. The molecule has 1 saturated carbocycles. The molecule has 3 aromatic heterocycles. The molecule has 0 radical (unpaired) electrons. The third-order valence-electron chi connectivity index (χ3n) is 6.26. The first-order valence-electron chi connectivity index (χ1n) is 10.4. The third kappa shape index (κ3) is 3.02. The minimum Gasteiger partial charge on any atom is -0.472 e. The summed E-state index contributed by atoms with van der Waals surface area (Å²) < 4.78 is 6.33. The summed E-state index contributed by atoms with van der Waals surface area (Å²) in [6, 6.07) is 13.8. The van der Waals surface area contributed by atoms with Crippen LogP contribution in [0.2, 0.25) is 0 Å². The number of pyridine rings is 2. The smallest absolute Gasteiger partial charge is 0.215 e. The summed E-state index contributed by atoms with van der Waals surface area (Å²) in [5.74, 6) is 1.12. The zero-order chi connectivity index (χ0) is 20.8. The average Bonchev–Trinajstić information content (AvgIpc) is 3.56. The van der Waals surface area contributed by atoms with Crippen molar-refractivity contribution in [1.82, 2.24) is 25.0 Å². The molecule has 8 nitrogen and oxygen atoms in total. The maximum atomic E-state index is 12.1. The van der Waals surface area contributed by atoms with Gasteiger partial charge in [-0.2, -0.15) is 20.0 Å². The number of aldehydes is 1. The number of aromatic nitrogens is 5. The molecule has 1 aliphatic heterocycles. The van der Waals surface area contributed by atoms with Gasteiger partial charge < -0.3 is 9.64 Å². The van der Waals surface area contributed by atoms with Gasteiger partial charge in [-0.05, 0) is 49.1 Å². The highest BCUT2D eigenvalue weighted by Gasteiger charge is 2.47. The van der Waals surface area contributed by atoms with Gasteiger partial charge in [0.25, 0.3) is 0 Å². The molecular weight excluding hydrogens is 392 g/mol. The second kappa shape index (κ2) is 7.16. The van der Waals surface area contributed by atoms with Crippen molar-refractivity contribution < 1.29 is 9.53 Å². The average molecular weight is 412 g/mol. The van der Waals surface area contributed by atoms with Crippen molar-refractivity contribution in [3.8, 4) is 11.6 Å². The number of ether oxygens (including phenoxy) is 1. The van der Waals surface area contributed by atoms with E-state index in [1.165, 1.54) is 4.80 Å². The van der Waals surface area contributed by atoms with Crippen LogP contribution in [0.3, 0.4) is 0 Å². The van der Waals surface area contributed by atoms with Crippen molar-refractivity contribution in [2.24, 2.45) is 5.92 Å². The number of carbonyl (C=O) groups excluding carboxylic acids is 1. The highest BCUT2D eigenvalue weighted by molar-refractivity contribution is 5.90. The lowest BCUT2D eigenvalue weighted by Gasteiger charge is -2.35. The first-order valence-corrected chi connectivity index (χ1v) is 10.4. The summed E-state index contributed by atoms with van der Waals surface area (Å²) in [6.07, 6.45) is 7.88. The van der Waals surface area contributed by atoms with Crippen LogP contribution in [0.15, 0.2) is 61.1 Å². The maximum absolute atomic E-state index is 12.1. The molecule has 6 rings (SSSR count). The third-order valence-corrected chi connectivity index (χ3v) is 6.26. The minimum absolute atomic E-state index is 0.0124. The van der Waals surface area contributed by atoms with Crippen molar-refractivity contribution in [3.05, 3.63) is 66.6 Å². The molecular formula is C23H20N6O2. The number of rotatable bonds is 5. The molecule has 0 amide bonds.